The van der Waals surface area contributed by atoms with Gasteiger partial charge in [0.05, 0.1) is 0 Å². The van der Waals surface area contributed by atoms with E-state index in [4.69, 9.17) is 0 Å². The Morgan fingerprint density at radius 2 is 2.38 bits per heavy atom. The monoisotopic (exact) mass is 222 g/mol. The molecule has 0 bridgehead atoms. The normalized spacial score (nSPS) is 21.8. The molecular formula is C12H22N4. The first-order valence-corrected chi connectivity index (χ1v) is 6.14. The summed E-state index contributed by atoms with van der Waals surface area (Å²) in [6, 6.07) is 0.737. The van der Waals surface area contributed by atoms with Gasteiger partial charge < -0.3 is 14.8 Å². The molecule has 2 heterocycles. The van der Waals surface area contributed by atoms with Crippen molar-refractivity contribution in [2.75, 3.05) is 26.7 Å². The zero-order valence-corrected chi connectivity index (χ0v) is 10.3. The standard InChI is InChI=1S/C12H22N4/c1-15-8-3-4-11(15)10-13-6-5-12-14-7-9-16(12)2/h7,9,11,13H,3-6,8,10H2,1-2H3. The molecule has 1 fully saturated rings. The number of rotatable bonds is 5. The van der Waals surface area contributed by atoms with Crippen LogP contribution < -0.4 is 5.32 Å². The highest BCUT2D eigenvalue weighted by molar-refractivity contribution is 4.91. The molecule has 1 unspecified atom stereocenters. The van der Waals surface area contributed by atoms with E-state index >= 15 is 0 Å². The average molecular weight is 222 g/mol. The molecule has 1 aliphatic heterocycles. The van der Waals surface area contributed by atoms with Crippen LogP contribution in [-0.4, -0.2) is 47.2 Å². The zero-order valence-electron chi connectivity index (χ0n) is 10.3. The minimum atomic E-state index is 0.737. The van der Waals surface area contributed by atoms with Crippen molar-refractivity contribution in [1.82, 2.24) is 19.8 Å². The molecule has 1 N–H and O–H groups in total. The molecule has 16 heavy (non-hydrogen) atoms. The van der Waals surface area contributed by atoms with E-state index in [9.17, 15) is 0 Å². The van der Waals surface area contributed by atoms with Crippen molar-refractivity contribution in [2.24, 2.45) is 7.05 Å². The largest absolute Gasteiger partial charge is 0.338 e. The Bertz CT molecular complexity index is 321. The molecule has 2 rings (SSSR count). The lowest BCUT2D eigenvalue weighted by Crippen LogP contribution is -2.36. The molecule has 1 aliphatic rings. The summed E-state index contributed by atoms with van der Waals surface area (Å²) >= 11 is 0. The minimum absolute atomic E-state index is 0.737. The van der Waals surface area contributed by atoms with Gasteiger partial charge in [0.1, 0.15) is 5.82 Å². The minimum Gasteiger partial charge on any atom is -0.338 e. The molecular weight excluding hydrogens is 200 g/mol. The smallest absolute Gasteiger partial charge is 0.109 e. The van der Waals surface area contributed by atoms with Gasteiger partial charge in [-0.3, -0.25) is 0 Å². The van der Waals surface area contributed by atoms with Crippen LogP contribution in [0.2, 0.25) is 0 Å². The van der Waals surface area contributed by atoms with E-state index in [0.29, 0.717) is 0 Å². The fraction of sp³-hybridized carbons (Fsp3) is 0.750. The Morgan fingerprint density at radius 3 is 3.00 bits per heavy atom. The van der Waals surface area contributed by atoms with Crippen LogP contribution in [0.5, 0.6) is 0 Å². The second-order valence-electron chi connectivity index (χ2n) is 4.69. The SMILES string of the molecule is CN1CCCC1CNCCc1nccn1C. The van der Waals surface area contributed by atoms with Crippen LogP contribution in [0.15, 0.2) is 12.4 Å². The molecule has 1 aromatic heterocycles. The summed E-state index contributed by atoms with van der Waals surface area (Å²) in [4.78, 5) is 6.76. The van der Waals surface area contributed by atoms with E-state index in [1.807, 2.05) is 19.4 Å². The molecule has 0 saturated carbocycles. The maximum Gasteiger partial charge on any atom is 0.109 e. The van der Waals surface area contributed by atoms with Crippen molar-refractivity contribution in [3.8, 4) is 0 Å². The van der Waals surface area contributed by atoms with Gasteiger partial charge in [-0.05, 0) is 26.4 Å². The van der Waals surface area contributed by atoms with Crippen molar-refractivity contribution >= 4 is 0 Å². The Morgan fingerprint density at radius 1 is 1.50 bits per heavy atom. The number of nitrogens with zero attached hydrogens (tertiary/aromatic N) is 3. The number of likely N-dealkylation sites (N-methyl/N-ethyl adjacent to an activating group) is 1. The molecule has 1 aromatic rings. The van der Waals surface area contributed by atoms with Gasteiger partial charge >= 0.3 is 0 Å². The lowest BCUT2D eigenvalue weighted by molar-refractivity contribution is 0.301. The van der Waals surface area contributed by atoms with Crippen LogP contribution in [0, 0.1) is 0 Å². The number of hydrogen-bond acceptors (Lipinski definition) is 3. The van der Waals surface area contributed by atoms with Crippen LogP contribution in [0.1, 0.15) is 18.7 Å². The lowest BCUT2D eigenvalue weighted by Gasteiger charge is -2.19. The second kappa shape index (κ2) is 5.46. The highest BCUT2D eigenvalue weighted by atomic mass is 15.2. The van der Waals surface area contributed by atoms with Gasteiger partial charge in [-0.15, -0.1) is 0 Å². The van der Waals surface area contributed by atoms with Crippen LogP contribution in [-0.2, 0) is 13.5 Å². The van der Waals surface area contributed by atoms with Gasteiger partial charge in [-0.25, -0.2) is 4.98 Å². The number of imidazole rings is 1. The number of likely N-dealkylation sites (tertiary alicyclic amines) is 1. The summed E-state index contributed by atoms with van der Waals surface area (Å²) in [6.07, 6.45) is 7.56. The second-order valence-corrected chi connectivity index (χ2v) is 4.69. The summed E-state index contributed by atoms with van der Waals surface area (Å²) in [5.74, 6) is 1.16. The molecule has 0 aromatic carbocycles. The fourth-order valence-corrected chi connectivity index (χ4v) is 2.34. The Labute approximate surface area is 97.7 Å². The third-order valence-electron chi connectivity index (χ3n) is 3.50. The molecule has 4 heteroatoms. The first-order valence-electron chi connectivity index (χ1n) is 6.14. The average Bonchev–Trinajstić information content (AvgIpc) is 2.84. The van der Waals surface area contributed by atoms with Crippen molar-refractivity contribution in [3.05, 3.63) is 18.2 Å². The van der Waals surface area contributed by atoms with E-state index in [-0.39, 0.29) is 0 Å². The maximum absolute atomic E-state index is 4.31. The van der Waals surface area contributed by atoms with E-state index in [2.05, 4.69) is 26.8 Å². The van der Waals surface area contributed by atoms with Crippen LogP contribution in [0.4, 0.5) is 0 Å². The quantitative estimate of drug-likeness (QED) is 0.743. The summed E-state index contributed by atoms with van der Waals surface area (Å²) in [5, 5.41) is 3.53. The van der Waals surface area contributed by atoms with Crippen LogP contribution >= 0.6 is 0 Å². The summed E-state index contributed by atoms with van der Waals surface area (Å²) in [5.41, 5.74) is 0. The van der Waals surface area contributed by atoms with E-state index in [0.717, 1.165) is 31.4 Å². The molecule has 90 valence electrons. The third-order valence-corrected chi connectivity index (χ3v) is 3.50. The zero-order chi connectivity index (χ0) is 11.4. The van der Waals surface area contributed by atoms with Crippen LogP contribution in [0.3, 0.4) is 0 Å². The van der Waals surface area contributed by atoms with Gasteiger partial charge in [-0.1, -0.05) is 0 Å². The van der Waals surface area contributed by atoms with E-state index < -0.39 is 0 Å². The topological polar surface area (TPSA) is 33.1 Å². The predicted octanol–water partition coefficient (Wildman–Crippen LogP) is 0.646. The Balaban J connectivity index is 1.63. The highest BCUT2D eigenvalue weighted by Crippen LogP contribution is 2.13. The van der Waals surface area contributed by atoms with Crippen molar-refractivity contribution in [2.45, 2.75) is 25.3 Å². The molecule has 1 saturated heterocycles. The molecule has 0 amide bonds. The number of nitrogens with one attached hydrogen (secondary N) is 1. The Hall–Kier alpha value is -0.870. The van der Waals surface area contributed by atoms with Gasteiger partial charge in [0.2, 0.25) is 0 Å². The van der Waals surface area contributed by atoms with Crippen molar-refractivity contribution < 1.29 is 0 Å². The van der Waals surface area contributed by atoms with Crippen molar-refractivity contribution in [3.63, 3.8) is 0 Å². The number of aryl methyl sites for hydroxylation is 1. The number of aromatic nitrogens is 2. The molecule has 0 radical (unpaired) electrons. The fourth-order valence-electron chi connectivity index (χ4n) is 2.34. The molecule has 1 atom stereocenters. The number of hydrogen-bond donors (Lipinski definition) is 1. The molecule has 0 aliphatic carbocycles. The highest BCUT2D eigenvalue weighted by Gasteiger charge is 2.19. The summed E-state index contributed by atoms with van der Waals surface area (Å²) < 4.78 is 2.09. The molecule has 4 nitrogen and oxygen atoms in total. The van der Waals surface area contributed by atoms with Gasteiger partial charge in [0.25, 0.3) is 0 Å². The first-order chi connectivity index (χ1) is 7.77. The maximum atomic E-state index is 4.31. The van der Waals surface area contributed by atoms with E-state index in [1.165, 1.54) is 19.4 Å². The first kappa shape index (κ1) is 11.6. The van der Waals surface area contributed by atoms with Gasteiger partial charge in [0, 0.05) is 45.0 Å². The Kier molecular flexibility index (Phi) is 3.96. The van der Waals surface area contributed by atoms with Gasteiger partial charge in [0.15, 0.2) is 0 Å². The van der Waals surface area contributed by atoms with Crippen LogP contribution in [0.25, 0.3) is 0 Å². The summed E-state index contributed by atoms with van der Waals surface area (Å²) in [7, 11) is 4.27. The molecule has 0 spiro atoms. The van der Waals surface area contributed by atoms with E-state index in [1.54, 1.807) is 0 Å². The summed E-state index contributed by atoms with van der Waals surface area (Å²) in [6.45, 7) is 3.39. The van der Waals surface area contributed by atoms with Crippen molar-refractivity contribution in [1.29, 1.82) is 0 Å². The van der Waals surface area contributed by atoms with Gasteiger partial charge in [-0.2, -0.15) is 0 Å². The predicted molar refractivity (Wildman–Crippen MR) is 65.4 cm³/mol. The third kappa shape index (κ3) is 2.83. The lowest BCUT2D eigenvalue weighted by atomic mass is 10.2.